The number of benzene rings is 2. The molecule has 1 aliphatic rings. The highest BCUT2D eigenvalue weighted by Gasteiger charge is 2.33. The highest BCUT2D eigenvalue weighted by molar-refractivity contribution is 7.99. The molecule has 2 aromatic rings. The van der Waals surface area contributed by atoms with Crippen molar-refractivity contribution in [3.63, 3.8) is 0 Å². The van der Waals surface area contributed by atoms with Gasteiger partial charge in [0.1, 0.15) is 5.75 Å². The lowest BCUT2D eigenvalue weighted by Gasteiger charge is -2.31. The van der Waals surface area contributed by atoms with Crippen molar-refractivity contribution in [1.82, 2.24) is 4.31 Å². The molecule has 0 saturated carbocycles. The molecule has 0 aliphatic carbocycles. The Hall–Kier alpha value is -2.03. The molecule has 1 saturated heterocycles. The second kappa shape index (κ2) is 8.98. The zero-order chi connectivity index (χ0) is 20.1. The van der Waals surface area contributed by atoms with Crippen LogP contribution >= 0.6 is 11.8 Å². The molecule has 0 spiro atoms. The number of rotatable bonds is 6. The van der Waals surface area contributed by atoms with Gasteiger partial charge in [0.2, 0.25) is 15.9 Å². The first-order valence-electron chi connectivity index (χ1n) is 9.04. The van der Waals surface area contributed by atoms with Gasteiger partial charge >= 0.3 is 0 Å². The van der Waals surface area contributed by atoms with Gasteiger partial charge in [-0.15, -0.1) is 11.8 Å². The van der Waals surface area contributed by atoms with Crippen molar-refractivity contribution < 1.29 is 17.9 Å². The number of anilines is 1. The van der Waals surface area contributed by atoms with Gasteiger partial charge in [-0.05, 0) is 55.5 Å². The first-order valence-corrected chi connectivity index (χ1v) is 11.7. The van der Waals surface area contributed by atoms with Crippen LogP contribution in [0.15, 0.2) is 58.3 Å². The molecule has 1 aliphatic heterocycles. The van der Waals surface area contributed by atoms with Crippen molar-refractivity contribution in [3.05, 3.63) is 48.5 Å². The number of sulfonamides is 1. The summed E-state index contributed by atoms with van der Waals surface area (Å²) in [5.41, 5.74) is 0.703. The summed E-state index contributed by atoms with van der Waals surface area (Å²) in [5, 5.41) is 2.90. The molecular weight excluding hydrogens is 396 g/mol. The molecule has 6 nitrogen and oxygen atoms in total. The van der Waals surface area contributed by atoms with Gasteiger partial charge in [0.15, 0.2) is 0 Å². The molecule has 0 bridgehead atoms. The number of nitrogens with zero attached hydrogens (tertiary/aromatic N) is 1. The Morgan fingerprint density at radius 2 is 1.75 bits per heavy atom. The van der Waals surface area contributed by atoms with Gasteiger partial charge in [-0.2, -0.15) is 4.31 Å². The second-order valence-electron chi connectivity index (χ2n) is 6.55. The van der Waals surface area contributed by atoms with Gasteiger partial charge in [-0.25, -0.2) is 8.42 Å². The monoisotopic (exact) mass is 420 g/mol. The number of carbonyl (C=O) groups excluding carboxylic acids is 1. The summed E-state index contributed by atoms with van der Waals surface area (Å²) >= 11 is 1.42. The number of amides is 1. The summed E-state index contributed by atoms with van der Waals surface area (Å²) in [5.74, 6) is 0.443. The van der Waals surface area contributed by atoms with E-state index in [0.29, 0.717) is 36.5 Å². The smallest absolute Gasteiger partial charge is 0.244 e. The van der Waals surface area contributed by atoms with E-state index in [9.17, 15) is 13.2 Å². The first-order chi connectivity index (χ1) is 13.5. The predicted molar refractivity (Wildman–Crippen MR) is 111 cm³/mol. The van der Waals surface area contributed by atoms with Crippen LogP contribution in [0.1, 0.15) is 12.8 Å². The normalized spacial score (nSPS) is 15.9. The van der Waals surface area contributed by atoms with Gasteiger partial charge in [0, 0.05) is 29.6 Å². The minimum atomic E-state index is -3.55. The third-order valence-corrected chi connectivity index (χ3v) is 7.75. The predicted octanol–water partition coefficient (Wildman–Crippen LogP) is 3.46. The number of piperidine rings is 1. The van der Waals surface area contributed by atoms with Gasteiger partial charge in [-0.3, -0.25) is 4.79 Å². The van der Waals surface area contributed by atoms with Crippen LogP contribution in [0, 0.1) is 5.92 Å². The largest absolute Gasteiger partial charge is 0.497 e. The SMILES string of the molecule is COc1ccc(NC(=O)C2CCN(S(=O)(=O)c3ccccc3SC)CC2)cc1. The Morgan fingerprint density at radius 1 is 1.11 bits per heavy atom. The quantitative estimate of drug-likeness (QED) is 0.725. The maximum absolute atomic E-state index is 13.0. The second-order valence-corrected chi connectivity index (χ2v) is 9.30. The van der Waals surface area contributed by atoms with Gasteiger partial charge in [0.25, 0.3) is 0 Å². The fourth-order valence-electron chi connectivity index (χ4n) is 3.25. The Labute approximate surface area is 170 Å². The molecule has 1 heterocycles. The molecule has 28 heavy (non-hydrogen) atoms. The van der Waals surface area contributed by atoms with Crippen LogP contribution in [0.4, 0.5) is 5.69 Å². The fraction of sp³-hybridized carbons (Fsp3) is 0.350. The highest BCUT2D eigenvalue weighted by atomic mass is 32.2. The van der Waals surface area contributed by atoms with E-state index in [4.69, 9.17) is 4.74 Å². The average molecular weight is 421 g/mol. The summed E-state index contributed by atoms with van der Waals surface area (Å²) in [4.78, 5) is 13.6. The third-order valence-electron chi connectivity index (χ3n) is 4.87. The zero-order valence-corrected chi connectivity index (χ0v) is 17.6. The maximum atomic E-state index is 13.0. The van der Waals surface area contributed by atoms with Crippen LogP contribution in [0.25, 0.3) is 0 Å². The van der Waals surface area contributed by atoms with Gasteiger partial charge in [-0.1, -0.05) is 12.1 Å². The fourth-order valence-corrected chi connectivity index (χ4v) is 5.84. The van der Waals surface area contributed by atoms with E-state index in [2.05, 4.69) is 5.32 Å². The van der Waals surface area contributed by atoms with Crippen LogP contribution in [0.3, 0.4) is 0 Å². The first kappa shape index (κ1) is 20.7. The van der Waals surface area contributed by atoms with Gasteiger partial charge in [0.05, 0.1) is 12.0 Å². The lowest BCUT2D eigenvalue weighted by atomic mass is 9.97. The summed E-state index contributed by atoms with van der Waals surface area (Å²) in [6.45, 7) is 0.678. The highest BCUT2D eigenvalue weighted by Crippen LogP contribution is 2.30. The van der Waals surface area contributed by atoms with Crippen molar-refractivity contribution in [2.75, 3.05) is 31.8 Å². The standard InChI is InChI=1S/C20H24N2O4S2/c1-26-17-9-7-16(8-10-17)21-20(23)15-11-13-22(14-12-15)28(24,25)19-6-4-3-5-18(19)27-2/h3-10,15H,11-14H2,1-2H3,(H,21,23). The van der Waals surface area contributed by atoms with Gasteiger partial charge < -0.3 is 10.1 Å². The molecule has 1 N–H and O–H groups in total. The number of thioether (sulfide) groups is 1. The molecule has 0 radical (unpaired) electrons. The van der Waals surface area contributed by atoms with Crippen LogP contribution < -0.4 is 10.1 Å². The molecule has 1 amide bonds. The minimum absolute atomic E-state index is 0.0771. The molecule has 2 aromatic carbocycles. The molecular formula is C20H24N2O4S2. The maximum Gasteiger partial charge on any atom is 0.244 e. The number of carbonyl (C=O) groups is 1. The Kier molecular flexibility index (Phi) is 6.64. The summed E-state index contributed by atoms with van der Waals surface area (Å²) in [6, 6.07) is 14.2. The summed E-state index contributed by atoms with van der Waals surface area (Å²) < 4.78 is 32.6. The lowest BCUT2D eigenvalue weighted by molar-refractivity contribution is -0.120. The van der Waals surface area contributed by atoms with E-state index in [0.717, 1.165) is 10.6 Å². The van der Waals surface area contributed by atoms with E-state index in [1.165, 1.54) is 16.1 Å². The van der Waals surface area contributed by atoms with E-state index in [1.807, 2.05) is 18.4 Å². The minimum Gasteiger partial charge on any atom is -0.497 e. The topological polar surface area (TPSA) is 75.7 Å². The van der Waals surface area contributed by atoms with Crippen molar-refractivity contribution in [1.29, 1.82) is 0 Å². The Balaban J connectivity index is 1.62. The van der Waals surface area contributed by atoms with E-state index < -0.39 is 10.0 Å². The van der Waals surface area contributed by atoms with Crippen molar-refractivity contribution in [2.45, 2.75) is 22.6 Å². The number of ether oxygens (including phenoxy) is 1. The van der Waals surface area contributed by atoms with Crippen LogP contribution in [-0.4, -0.2) is 45.1 Å². The molecule has 0 atom stereocenters. The summed E-state index contributed by atoms with van der Waals surface area (Å²) in [7, 11) is -1.96. The molecule has 150 valence electrons. The lowest BCUT2D eigenvalue weighted by Crippen LogP contribution is -2.41. The molecule has 8 heteroatoms. The average Bonchev–Trinajstić information content (AvgIpc) is 2.74. The molecule has 0 unspecified atom stereocenters. The van der Waals surface area contributed by atoms with E-state index in [-0.39, 0.29) is 11.8 Å². The third kappa shape index (κ3) is 4.51. The Morgan fingerprint density at radius 3 is 2.36 bits per heavy atom. The summed E-state index contributed by atoms with van der Waals surface area (Å²) in [6.07, 6.45) is 2.87. The van der Waals surface area contributed by atoms with E-state index in [1.54, 1.807) is 43.5 Å². The Bertz CT molecular complexity index is 921. The number of hydrogen-bond donors (Lipinski definition) is 1. The van der Waals surface area contributed by atoms with Crippen LogP contribution in [0.2, 0.25) is 0 Å². The van der Waals surface area contributed by atoms with Crippen molar-refractivity contribution >= 4 is 33.4 Å². The molecule has 3 rings (SSSR count). The number of nitrogens with one attached hydrogen (secondary N) is 1. The number of methoxy groups -OCH3 is 1. The van der Waals surface area contributed by atoms with Crippen molar-refractivity contribution in [3.8, 4) is 5.75 Å². The molecule has 1 fully saturated rings. The van der Waals surface area contributed by atoms with Crippen LogP contribution in [0.5, 0.6) is 5.75 Å². The zero-order valence-electron chi connectivity index (χ0n) is 15.9. The van der Waals surface area contributed by atoms with Crippen LogP contribution in [-0.2, 0) is 14.8 Å². The van der Waals surface area contributed by atoms with E-state index >= 15 is 0 Å². The van der Waals surface area contributed by atoms with Crippen molar-refractivity contribution in [2.24, 2.45) is 5.92 Å². The number of hydrogen-bond acceptors (Lipinski definition) is 5. The molecule has 0 aromatic heterocycles.